The van der Waals surface area contributed by atoms with Crippen LogP contribution in [0.2, 0.25) is 0 Å². The molecule has 0 spiro atoms. The second kappa shape index (κ2) is 10.3. The van der Waals surface area contributed by atoms with Gasteiger partial charge in [0.25, 0.3) is 0 Å². The van der Waals surface area contributed by atoms with Crippen molar-refractivity contribution >= 4 is 11.8 Å². The maximum atomic E-state index is 5.15. The Hall–Kier alpha value is -0.510. The third kappa shape index (κ3) is 5.86. The minimum Gasteiger partial charge on any atom is -0.385 e. The van der Waals surface area contributed by atoms with Gasteiger partial charge in [-0.1, -0.05) is 51.1 Å². The highest BCUT2D eigenvalue weighted by molar-refractivity contribution is 7.99. The molecule has 1 N–H and O–H groups in total. The van der Waals surface area contributed by atoms with Crippen LogP contribution in [-0.4, -0.2) is 31.3 Å². The van der Waals surface area contributed by atoms with E-state index in [0.717, 1.165) is 25.3 Å². The Labute approximate surface area is 128 Å². The molecule has 0 radical (unpaired) electrons. The molecule has 2 unspecified atom stereocenters. The summed E-state index contributed by atoms with van der Waals surface area (Å²) in [4.78, 5) is 0. The maximum absolute atomic E-state index is 5.15. The van der Waals surface area contributed by atoms with Crippen molar-refractivity contribution in [1.82, 2.24) is 5.32 Å². The van der Waals surface area contributed by atoms with Gasteiger partial charge in [-0.2, -0.15) is 11.8 Å². The number of thioether (sulfide) groups is 1. The van der Waals surface area contributed by atoms with Crippen LogP contribution in [0.3, 0.4) is 0 Å². The zero-order chi connectivity index (χ0) is 14.8. The lowest BCUT2D eigenvalue weighted by atomic mass is 9.96. The van der Waals surface area contributed by atoms with E-state index in [-0.39, 0.29) is 0 Å². The quantitative estimate of drug-likeness (QED) is 0.656. The van der Waals surface area contributed by atoms with E-state index in [2.05, 4.69) is 68.2 Å². The number of methoxy groups -OCH3 is 1. The average Bonchev–Trinajstić information content (AvgIpc) is 2.46. The van der Waals surface area contributed by atoms with Crippen molar-refractivity contribution in [3.63, 3.8) is 0 Å². The van der Waals surface area contributed by atoms with Crippen LogP contribution >= 0.6 is 11.8 Å². The monoisotopic (exact) mass is 295 g/mol. The van der Waals surface area contributed by atoms with Crippen LogP contribution in [0.25, 0.3) is 0 Å². The molecule has 20 heavy (non-hydrogen) atoms. The van der Waals surface area contributed by atoms with Crippen LogP contribution in [0.4, 0.5) is 0 Å². The molecule has 0 aliphatic carbocycles. The molecule has 0 aliphatic heterocycles. The van der Waals surface area contributed by atoms with E-state index < -0.39 is 0 Å². The van der Waals surface area contributed by atoms with E-state index in [4.69, 9.17) is 4.74 Å². The van der Waals surface area contributed by atoms with Crippen LogP contribution in [0.1, 0.15) is 38.8 Å². The van der Waals surface area contributed by atoms with E-state index in [1.165, 1.54) is 5.56 Å². The summed E-state index contributed by atoms with van der Waals surface area (Å²) in [6, 6.07) is 11.2. The normalized spacial score (nSPS) is 14.4. The third-order valence-electron chi connectivity index (χ3n) is 3.37. The summed E-state index contributed by atoms with van der Waals surface area (Å²) in [6.07, 6.45) is 1.12. The summed E-state index contributed by atoms with van der Waals surface area (Å²) in [5, 5.41) is 4.26. The molecule has 0 amide bonds. The van der Waals surface area contributed by atoms with Gasteiger partial charge in [0.2, 0.25) is 0 Å². The third-order valence-corrected chi connectivity index (χ3v) is 5.10. The highest BCUT2D eigenvalue weighted by atomic mass is 32.2. The summed E-state index contributed by atoms with van der Waals surface area (Å²) in [7, 11) is 1.77. The zero-order valence-electron chi connectivity index (χ0n) is 13.3. The van der Waals surface area contributed by atoms with E-state index in [1.54, 1.807) is 7.11 Å². The molecule has 3 heteroatoms. The summed E-state index contributed by atoms with van der Waals surface area (Å²) in [5.74, 6) is 1.80. The Kier molecular flexibility index (Phi) is 8.99. The first kappa shape index (κ1) is 17.5. The number of nitrogens with one attached hydrogen (secondary N) is 1. The number of hydrogen-bond acceptors (Lipinski definition) is 3. The smallest absolute Gasteiger partial charge is 0.0470 e. The average molecular weight is 295 g/mol. The molecule has 0 saturated heterocycles. The summed E-state index contributed by atoms with van der Waals surface area (Å²) in [6.45, 7) is 8.68. The molecule has 1 rings (SSSR count). The zero-order valence-corrected chi connectivity index (χ0v) is 14.1. The molecule has 1 aromatic carbocycles. The van der Waals surface area contributed by atoms with Gasteiger partial charge >= 0.3 is 0 Å². The number of hydrogen-bond donors (Lipinski definition) is 1. The first-order valence-corrected chi connectivity index (χ1v) is 8.64. The van der Waals surface area contributed by atoms with Gasteiger partial charge < -0.3 is 10.1 Å². The summed E-state index contributed by atoms with van der Waals surface area (Å²) < 4.78 is 5.15. The number of ether oxygens (including phenoxy) is 1. The van der Waals surface area contributed by atoms with Gasteiger partial charge in [-0.05, 0) is 30.2 Å². The Morgan fingerprint density at radius 2 is 1.90 bits per heavy atom. The standard InChI is InChI=1S/C17H29NOS/c1-5-18-16(15-10-7-6-8-11-15)17(14(2)3)20-13-9-12-19-4/h6-8,10-11,14,16-18H,5,9,12-13H2,1-4H3. The molecule has 0 aromatic heterocycles. The molecular weight excluding hydrogens is 266 g/mol. The van der Waals surface area contributed by atoms with Gasteiger partial charge in [-0.15, -0.1) is 0 Å². The highest BCUT2D eigenvalue weighted by Gasteiger charge is 2.25. The SMILES string of the molecule is CCNC(c1ccccc1)C(SCCCOC)C(C)C. The fourth-order valence-electron chi connectivity index (χ4n) is 2.40. The minimum absolute atomic E-state index is 0.425. The number of benzene rings is 1. The lowest BCUT2D eigenvalue weighted by Gasteiger charge is -2.31. The van der Waals surface area contributed by atoms with Gasteiger partial charge in [-0.3, -0.25) is 0 Å². The van der Waals surface area contributed by atoms with Crippen molar-refractivity contribution in [3.8, 4) is 0 Å². The van der Waals surface area contributed by atoms with Gasteiger partial charge in [0.1, 0.15) is 0 Å². The molecule has 0 aliphatic rings. The minimum atomic E-state index is 0.425. The van der Waals surface area contributed by atoms with E-state index in [0.29, 0.717) is 17.2 Å². The fraction of sp³-hybridized carbons (Fsp3) is 0.647. The van der Waals surface area contributed by atoms with Crippen molar-refractivity contribution in [3.05, 3.63) is 35.9 Å². The van der Waals surface area contributed by atoms with E-state index in [1.807, 2.05) is 0 Å². The molecular formula is C17H29NOS. The van der Waals surface area contributed by atoms with Crippen LogP contribution in [-0.2, 0) is 4.74 Å². The molecule has 0 bridgehead atoms. The Bertz CT molecular complexity index is 342. The summed E-state index contributed by atoms with van der Waals surface area (Å²) in [5.41, 5.74) is 1.40. The van der Waals surface area contributed by atoms with Crippen LogP contribution < -0.4 is 5.32 Å². The molecule has 2 nitrogen and oxygen atoms in total. The molecule has 0 saturated carbocycles. The van der Waals surface area contributed by atoms with Gasteiger partial charge in [0.05, 0.1) is 0 Å². The van der Waals surface area contributed by atoms with Gasteiger partial charge in [0, 0.05) is 25.0 Å². The van der Waals surface area contributed by atoms with Crippen molar-refractivity contribution in [2.45, 2.75) is 38.5 Å². The van der Waals surface area contributed by atoms with Crippen molar-refractivity contribution in [1.29, 1.82) is 0 Å². The van der Waals surface area contributed by atoms with Crippen LogP contribution in [0, 0.1) is 5.92 Å². The lowest BCUT2D eigenvalue weighted by Crippen LogP contribution is -2.33. The second-order valence-corrected chi connectivity index (χ2v) is 6.66. The maximum Gasteiger partial charge on any atom is 0.0470 e. The molecule has 114 valence electrons. The first-order chi connectivity index (χ1) is 9.70. The van der Waals surface area contributed by atoms with Crippen LogP contribution in [0.5, 0.6) is 0 Å². The van der Waals surface area contributed by atoms with Crippen LogP contribution in [0.15, 0.2) is 30.3 Å². The van der Waals surface area contributed by atoms with Gasteiger partial charge in [0.15, 0.2) is 0 Å². The van der Waals surface area contributed by atoms with E-state index in [9.17, 15) is 0 Å². The van der Waals surface area contributed by atoms with Crippen molar-refractivity contribution < 1.29 is 4.74 Å². The first-order valence-electron chi connectivity index (χ1n) is 7.59. The topological polar surface area (TPSA) is 21.3 Å². The van der Waals surface area contributed by atoms with E-state index >= 15 is 0 Å². The Balaban J connectivity index is 2.73. The molecule has 1 aromatic rings. The van der Waals surface area contributed by atoms with Crippen molar-refractivity contribution in [2.24, 2.45) is 5.92 Å². The molecule has 0 heterocycles. The predicted octanol–water partition coefficient (Wildman–Crippen LogP) is 4.13. The number of rotatable bonds is 10. The fourth-order valence-corrected chi connectivity index (χ4v) is 3.79. The summed E-state index contributed by atoms with van der Waals surface area (Å²) >= 11 is 2.07. The Morgan fingerprint density at radius 3 is 2.45 bits per heavy atom. The van der Waals surface area contributed by atoms with Gasteiger partial charge in [-0.25, -0.2) is 0 Å². The van der Waals surface area contributed by atoms with Crippen molar-refractivity contribution in [2.75, 3.05) is 26.0 Å². The highest BCUT2D eigenvalue weighted by Crippen LogP contribution is 2.32. The largest absolute Gasteiger partial charge is 0.385 e. The predicted molar refractivity (Wildman–Crippen MR) is 90.4 cm³/mol. The molecule has 2 atom stereocenters. The second-order valence-electron chi connectivity index (χ2n) is 5.37. The Morgan fingerprint density at radius 1 is 1.20 bits per heavy atom. The molecule has 0 fully saturated rings. The lowest BCUT2D eigenvalue weighted by molar-refractivity contribution is 0.200.